The minimum atomic E-state index is -1.31. The number of ether oxygens (including phenoxy) is 3. The van der Waals surface area contributed by atoms with Gasteiger partial charge in [0.15, 0.2) is 0 Å². The van der Waals surface area contributed by atoms with Crippen LogP contribution in [0, 0.1) is 0 Å². The third kappa shape index (κ3) is 4.97. The van der Waals surface area contributed by atoms with Gasteiger partial charge in [-0.1, -0.05) is 6.58 Å². The highest BCUT2D eigenvalue weighted by atomic mass is 16.7. The van der Waals surface area contributed by atoms with Crippen molar-refractivity contribution in [1.82, 2.24) is 0 Å². The van der Waals surface area contributed by atoms with E-state index < -0.39 is 18.2 Å². The van der Waals surface area contributed by atoms with Gasteiger partial charge in [0.25, 0.3) is 0 Å². The predicted molar refractivity (Wildman–Crippen MR) is 43.5 cm³/mol. The molecule has 0 N–H and O–H groups in total. The lowest BCUT2D eigenvalue weighted by Crippen LogP contribution is -2.30. The third-order valence-electron chi connectivity index (χ3n) is 0.983. The molecule has 0 spiro atoms. The maximum absolute atomic E-state index is 11.0. The Morgan fingerprint density at radius 1 is 1.54 bits per heavy atom. The molecular weight excluding hydrogens is 176 g/mol. The molecule has 5 heteroatoms. The molecule has 0 bridgehead atoms. The zero-order valence-corrected chi connectivity index (χ0v) is 7.61. The number of hydrogen-bond donors (Lipinski definition) is 0. The van der Waals surface area contributed by atoms with E-state index in [1.165, 1.54) is 6.92 Å². The molecule has 0 saturated heterocycles. The van der Waals surface area contributed by atoms with Crippen LogP contribution in [0.3, 0.4) is 0 Å². The van der Waals surface area contributed by atoms with Crippen LogP contribution in [0.5, 0.6) is 0 Å². The van der Waals surface area contributed by atoms with E-state index in [0.29, 0.717) is 0 Å². The molecule has 0 fully saturated rings. The Morgan fingerprint density at radius 3 is 2.54 bits per heavy atom. The van der Waals surface area contributed by atoms with Crippen molar-refractivity contribution < 1.29 is 23.8 Å². The van der Waals surface area contributed by atoms with Gasteiger partial charge in [-0.2, -0.15) is 0 Å². The van der Waals surface area contributed by atoms with Crippen molar-refractivity contribution in [2.75, 3.05) is 6.61 Å². The fourth-order valence-corrected chi connectivity index (χ4v) is 0.590. The fourth-order valence-electron chi connectivity index (χ4n) is 0.590. The smallest absolute Gasteiger partial charge is 0.381 e. The molecule has 1 unspecified atom stereocenters. The highest BCUT2D eigenvalue weighted by molar-refractivity contribution is 5.77. The predicted octanol–water partition coefficient (Wildman–Crippen LogP) is 0.599. The van der Waals surface area contributed by atoms with Crippen LogP contribution in [-0.2, 0) is 23.8 Å². The molecule has 74 valence electrons. The van der Waals surface area contributed by atoms with E-state index in [0.717, 1.165) is 6.26 Å². The van der Waals surface area contributed by atoms with Gasteiger partial charge in [0.1, 0.15) is 0 Å². The average molecular weight is 188 g/mol. The molecule has 0 aliphatic rings. The Bertz CT molecular complexity index is 199. The molecule has 0 aliphatic heterocycles. The molecule has 0 aliphatic carbocycles. The van der Waals surface area contributed by atoms with E-state index in [4.69, 9.17) is 4.74 Å². The summed E-state index contributed by atoms with van der Waals surface area (Å²) in [7, 11) is 0. The summed E-state index contributed by atoms with van der Waals surface area (Å²) in [5.41, 5.74) is 0. The van der Waals surface area contributed by atoms with Gasteiger partial charge >= 0.3 is 18.2 Å². The van der Waals surface area contributed by atoms with Crippen LogP contribution in [0.2, 0.25) is 0 Å². The summed E-state index contributed by atoms with van der Waals surface area (Å²) >= 11 is 0. The quantitative estimate of drug-likeness (QED) is 0.359. The number of carbonyl (C=O) groups excluding carboxylic acids is 2. The minimum Gasteiger partial charge on any atom is -0.431 e. The van der Waals surface area contributed by atoms with Crippen LogP contribution in [0.4, 0.5) is 0 Å². The Kier molecular flexibility index (Phi) is 5.54. The van der Waals surface area contributed by atoms with E-state index in [1.54, 1.807) is 6.92 Å². The Morgan fingerprint density at radius 2 is 2.15 bits per heavy atom. The molecule has 0 aromatic carbocycles. The monoisotopic (exact) mass is 188 g/mol. The largest absolute Gasteiger partial charge is 0.431 e. The molecule has 0 radical (unpaired) electrons. The third-order valence-corrected chi connectivity index (χ3v) is 0.983. The molecule has 0 amide bonds. The number of esters is 2. The van der Waals surface area contributed by atoms with Crippen LogP contribution in [0.25, 0.3) is 0 Å². The second kappa shape index (κ2) is 6.19. The lowest BCUT2D eigenvalue weighted by Gasteiger charge is -2.13. The molecule has 5 nitrogen and oxygen atoms in total. The lowest BCUT2D eigenvalue weighted by atomic mass is 10.6. The molecule has 0 aromatic heterocycles. The second-order valence-electron chi connectivity index (χ2n) is 2.00. The van der Waals surface area contributed by atoms with Gasteiger partial charge in [0.05, 0.1) is 6.26 Å². The standard InChI is InChI=1S/C8H12O5/c1-4-11-7(10)8(12-5-2)13-6(3)9/h4,8H,1,5H2,2-3H3. The fraction of sp³-hybridized carbons (Fsp3) is 0.500. The summed E-state index contributed by atoms with van der Waals surface area (Å²) in [5, 5.41) is 0. The number of carbonyl (C=O) groups is 2. The topological polar surface area (TPSA) is 61.8 Å². The molecule has 0 saturated carbocycles. The maximum atomic E-state index is 11.0. The van der Waals surface area contributed by atoms with Crippen molar-refractivity contribution in [3.63, 3.8) is 0 Å². The van der Waals surface area contributed by atoms with Crippen molar-refractivity contribution in [3.05, 3.63) is 12.8 Å². The summed E-state index contributed by atoms with van der Waals surface area (Å²) in [4.78, 5) is 21.5. The number of hydrogen-bond acceptors (Lipinski definition) is 5. The Labute approximate surface area is 76.3 Å². The minimum absolute atomic E-state index is 0.240. The summed E-state index contributed by atoms with van der Waals surface area (Å²) in [5.74, 6) is -1.41. The maximum Gasteiger partial charge on any atom is 0.381 e. The van der Waals surface area contributed by atoms with Crippen LogP contribution in [0.15, 0.2) is 12.8 Å². The van der Waals surface area contributed by atoms with E-state index >= 15 is 0 Å². The number of rotatable bonds is 5. The van der Waals surface area contributed by atoms with Gasteiger partial charge in [-0.05, 0) is 6.92 Å². The lowest BCUT2D eigenvalue weighted by molar-refractivity contribution is -0.195. The van der Waals surface area contributed by atoms with Crippen molar-refractivity contribution in [1.29, 1.82) is 0 Å². The van der Waals surface area contributed by atoms with Gasteiger partial charge in [0, 0.05) is 13.5 Å². The highest BCUT2D eigenvalue weighted by Crippen LogP contribution is 1.99. The normalized spacial score (nSPS) is 11.5. The van der Waals surface area contributed by atoms with E-state index in [-0.39, 0.29) is 6.61 Å². The summed E-state index contributed by atoms with van der Waals surface area (Å²) in [6.07, 6.45) is -0.363. The van der Waals surface area contributed by atoms with Crippen molar-refractivity contribution in [3.8, 4) is 0 Å². The zero-order valence-electron chi connectivity index (χ0n) is 7.61. The first-order valence-electron chi connectivity index (χ1n) is 3.72. The van der Waals surface area contributed by atoms with Crippen molar-refractivity contribution in [2.24, 2.45) is 0 Å². The first-order valence-corrected chi connectivity index (χ1v) is 3.72. The van der Waals surface area contributed by atoms with Gasteiger partial charge in [-0.25, -0.2) is 4.79 Å². The van der Waals surface area contributed by atoms with Gasteiger partial charge in [-0.3, -0.25) is 4.79 Å². The van der Waals surface area contributed by atoms with Crippen LogP contribution in [-0.4, -0.2) is 24.8 Å². The molecule has 0 heterocycles. The van der Waals surface area contributed by atoms with E-state index in [1.807, 2.05) is 0 Å². The van der Waals surface area contributed by atoms with Crippen molar-refractivity contribution in [2.45, 2.75) is 20.1 Å². The average Bonchev–Trinajstić information content (AvgIpc) is 2.03. The first kappa shape index (κ1) is 11.6. The van der Waals surface area contributed by atoms with Gasteiger partial charge in [0.2, 0.25) is 0 Å². The van der Waals surface area contributed by atoms with Gasteiger partial charge in [-0.15, -0.1) is 0 Å². The molecule has 1 atom stereocenters. The van der Waals surface area contributed by atoms with Crippen LogP contribution >= 0.6 is 0 Å². The van der Waals surface area contributed by atoms with E-state index in [2.05, 4.69) is 16.1 Å². The second-order valence-corrected chi connectivity index (χ2v) is 2.00. The van der Waals surface area contributed by atoms with Crippen LogP contribution in [0.1, 0.15) is 13.8 Å². The van der Waals surface area contributed by atoms with Crippen LogP contribution < -0.4 is 0 Å². The molecule has 13 heavy (non-hydrogen) atoms. The Balaban J connectivity index is 4.13. The Hall–Kier alpha value is -1.36. The molecule has 0 rings (SSSR count). The zero-order chi connectivity index (χ0) is 10.3. The van der Waals surface area contributed by atoms with Crippen molar-refractivity contribution >= 4 is 11.9 Å². The summed E-state index contributed by atoms with van der Waals surface area (Å²) < 4.78 is 13.7. The summed E-state index contributed by atoms with van der Waals surface area (Å²) in [6.45, 7) is 6.26. The molecular formula is C8H12O5. The first-order chi connectivity index (χ1) is 6.11. The molecule has 0 aromatic rings. The SMILES string of the molecule is C=COC(=O)C(OCC)OC(C)=O. The van der Waals surface area contributed by atoms with Gasteiger partial charge < -0.3 is 14.2 Å². The summed E-state index contributed by atoms with van der Waals surface area (Å²) in [6, 6.07) is 0. The van der Waals surface area contributed by atoms with E-state index in [9.17, 15) is 9.59 Å². The highest BCUT2D eigenvalue weighted by Gasteiger charge is 2.22.